The zero-order valence-corrected chi connectivity index (χ0v) is 13.4. The average molecular weight is 302 g/mol. The van der Waals surface area contributed by atoms with Crippen LogP contribution in [0.2, 0.25) is 0 Å². The number of unbranched alkanes of at least 4 members (excludes halogenated alkanes) is 7. The number of aryl methyl sites for hydroxylation is 1. The Bertz CT molecular complexity index is 649. The van der Waals surface area contributed by atoms with Crippen LogP contribution in [0.25, 0.3) is 5.65 Å². The van der Waals surface area contributed by atoms with Gasteiger partial charge in [0.15, 0.2) is 11.4 Å². The van der Waals surface area contributed by atoms with Gasteiger partial charge in [-0.3, -0.25) is 9.20 Å². The summed E-state index contributed by atoms with van der Waals surface area (Å²) < 4.78 is 1.38. The lowest BCUT2D eigenvalue weighted by Gasteiger charge is -2.05. The van der Waals surface area contributed by atoms with E-state index in [-0.39, 0.29) is 11.3 Å². The molecule has 0 radical (unpaired) electrons. The molecule has 120 valence electrons. The fraction of sp³-hybridized carbons (Fsp3) is 0.556. The summed E-state index contributed by atoms with van der Waals surface area (Å²) in [6.45, 7) is 2.23. The van der Waals surface area contributed by atoms with Gasteiger partial charge in [0.25, 0.3) is 5.56 Å². The Labute approximate surface area is 131 Å². The first-order valence-electron chi connectivity index (χ1n) is 8.42. The van der Waals surface area contributed by atoms with Gasteiger partial charge >= 0.3 is 0 Å². The summed E-state index contributed by atoms with van der Waals surface area (Å²) >= 11 is 0. The molecule has 0 saturated carbocycles. The second-order valence-electron chi connectivity index (χ2n) is 5.90. The van der Waals surface area contributed by atoms with Crippen molar-refractivity contribution in [3.63, 3.8) is 0 Å². The van der Waals surface area contributed by atoms with E-state index in [2.05, 4.69) is 11.9 Å². The van der Waals surface area contributed by atoms with Crippen LogP contribution in [0.3, 0.4) is 0 Å². The first-order chi connectivity index (χ1) is 10.7. The van der Waals surface area contributed by atoms with Gasteiger partial charge in [0.05, 0.1) is 0 Å². The van der Waals surface area contributed by atoms with E-state index in [1.807, 2.05) is 0 Å². The Morgan fingerprint density at radius 2 is 1.77 bits per heavy atom. The maximum absolute atomic E-state index is 12.0. The molecule has 0 aliphatic rings. The molecule has 0 aliphatic heterocycles. The molecule has 0 aliphatic carbocycles. The molecule has 22 heavy (non-hydrogen) atoms. The minimum Gasteiger partial charge on any atom is -0.504 e. The topological polar surface area (TPSA) is 54.6 Å². The van der Waals surface area contributed by atoms with Gasteiger partial charge in [-0.25, -0.2) is 4.98 Å². The maximum Gasteiger partial charge on any atom is 0.258 e. The molecule has 0 amide bonds. The minimum absolute atomic E-state index is 0.0531. The van der Waals surface area contributed by atoms with Crippen LogP contribution >= 0.6 is 0 Å². The number of hydrogen-bond donors (Lipinski definition) is 1. The molecule has 2 aromatic heterocycles. The van der Waals surface area contributed by atoms with Crippen LogP contribution in [-0.2, 0) is 6.42 Å². The highest BCUT2D eigenvalue weighted by molar-refractivity contribution is 5.52. The van der Waals surface area contributed by atoms with E-state index in [0.29, 0.717) is 5.65 Å². The highest BCUT2D eigenvalue weighted by Crippen LogP contribution is 2.15. The predicted octanol–water partition coefficient (Wildman–Crippen LogP) is 4.08. The standard InChI is InChI=1S/C18H26N2O2/c1-2-3-4-5-6-7-8-9-11-15-14-17(22)20-13-10-12-16(21)18(20)19-15/h10,12-14,21H,2-9,11H2,1H3. The van der Waals surface area contributed by atoms with E-state index < -0.39 is 0 Å². The zero-order chi connectivity index (χ0) is 15.8. The summed E-state index contributed by atoms with van der Waals surface area (Å²) in [5.74, 6) is 0.0531. The maximum atomic E-state index is 12.0. The Hall–Kier alpha value is -1.84. The second kappa shape index (κ2) is 8.57. The van der Waals surface area contributed by atoms with Gasteiger partial charge in [-0.1, -0.05) is 51.9 Å². The highest BCUT2D eigenvalue weighted by Gasteiger charge is 2.05. The van der Waals surface area contributed by atoms with E-state index in [0.717, 1.165) is 18.5 Å². The fourth-order valence-corrected chi connectivity index (χ4v) is 2.73. The van der Waals surface area contributed by atoms with Gasteiger partial charge < -0.3 is 5.11 Å². The molecule has 0 bridgehead atoms. The molecule has 0 unspecified atom stereocenters. The van der Waals surface area contributed by atoms with E-state index in [1.165, 1.54) is 49.3 Å². The molecule has 0 saturated heterocycles. The van der Waals surface area contributed by atoms with E-state index in [4.69, 9.17) is 0 Å². The number of rotatable bonds is 9. The summed E-state index contributed by atoms with van der Waals surface area (Å²) in [7, 11) is 0. The Morgan fingerprint density at radius 1 is 1.09 bits per heavy atom. The number of hydrogen-bond acceptors (Lipinski definition) is 3. The van der Waals surface area contributed by atoms with Gasteiger partial charge in [-0.2, -0.15) is 0 Å². The smallest absolute Gasteiger partial charge is 0.258 e. The summed E-state index contributed by atoms with van der Waals surface area (Å²) in [5.41, 5.74) is 0.998. The molecule has 1 N–H and O–H groups in total. The van der Waals surface area contributed by atoms with Crippen molar-refractivity contribution in [2.75, 3.05) is 0 Å². The Balaban J connectivity index is 1.82. The van der Waals surface area contributed by atoms with Crippen LogP contribution in [0, 0.1) is 0 Å². The van der Waals surface area contributed by atoms with Crippen molar-refractivity contribution in [2.24, 2.45) is 0 Å². The first kappa shape index (κ1) is 16.5. The molecule has 4 nitrogen and oxygen atoms in total. The van der Waals surface area contributed by atoms with Crippen molar-refractivity contribution < 1.29 is 5.11 Å². The fourth-order valence-electron chi connectivity index (χ4n) is 2.73. The molecule has 0 spiro atoms. The van der Waals surface area contributed by atoms with Crippen LogP contribution < -0.4 is 5.56 Å². The molecule has 2 rings (SSSR count). The normalized spacial score (nSPS) is 11.1. The molecule has 0 atom stereocenters. The lowest BCUT2D eigenvalue weighted by Crippen LogP contribution is -2.15. The number of fused-ring (bicyclic) bond motifs is 1. The number of aromatic hydroxyl groups is 1. The lowest BCUT2D eigenvalue weighted by molar-refractivity contribution is 0.476. The highest BCUT2D eigenvalue weighted by atomic mass is 16.3. The summed E-state index contributed by atoms with van der Waals surface area (Å²) in [4.78, 5) is 16.4. The molecule has 2 aromatic rings. The molecule has 0 aromatic carbocycles. The number of pyridine rings is 1. The van der Waals surface area contributed by atoms with E-state index in [1.54, 1.807) is 24.4 Å². The SMILES string of the molecule is CCCCCCCCCCc1cc(=O)n2cccc(O)c2n1. The van der Waals surface area contributed by atoms with Crippen LogP contribution in [0.1, 0.15) is 64.0 Å². The van der Waals surface area contributed by atoms with E-state index >= 15 is 0 Å². The largest absolute Gasteiger partial charge is 0.504 e. The monoisotopic (exact) mass is 302 g/mol. The first-order valence-corrected chi connectivity index (χ1v) is 8.42. The predicted molar refractivity (Wildman–Crippen MR) is 89.4 cm³/mol. The van der Waals surface area contributed by atoms with Crippen molar-refractivity contribution in [3.8, 4) is 5.75 Å². The Kier molecular flexibility index (Phi) is 6.44. The molecular weight excluding hydrogens is 276 g/mol. The minimum atomic E-state index is -0.129. The zero-order valence-electron chi connectivity index (χ0n) is 13.4. The van der Waals surface area contributed by atoms with Crippen molar-refractivity contribution in [2.45, 2.75) is 64.7 Å². The van der Waals surface area contributed by atoms with Gasteiger partial charge in [-0.15, -0.1) is 0 Å². The molecule has 0 fully saturated rings. The van der Waals surface area contributed by atoms with Crippen molar-refractivity contribution in [3.05, 3.63) is 40.4 Å². The van der Waals surface area contributed by atoms with Crippen molar-refractivity contribution >= 4 is 5.65 Å². The number of aromatic nitrogens is 2. The van der Waals surface area contributed by atoms with Gasteiger partial charge in [0.1, 0.15) is 0 Å². The van der Waals surface area contributed by atoms with Crippen LogP contribution in [0.4, 0.5) is 0 Å². The molecule has 4 heteroatoms. The van der Waals surface area contributed by atoms with Gasteiger partial charge in [0, 0.05) is 18.0 Å². The van der Waals surface area contributed by atoms with Gasteiger partial charge in [0.2, 0.25) is 0 Å². The van der Waals surface area contributed by atoms with Crippen molar-refractivity contribution in [1.82, 2.24) is 9.38 Å². The van der Waals surface area contributed by atoms with Crippen LogP contribution in [0.5, 0.6) is 5.75 Å². The Morgan fingerprint density at radius 3 is 2.50 bits per heavy atom. The van der Waals surface area contributed by atoms with Crippen LogP contribution in [-0.4, -0.2) is 14.5 Å². The number of nitrogens with zero attached hydrogens (tertiary/aromatic N) is 2. The summed E-state index contributed by atoms with van der Waals surface area (Å²) in [6.07, 6.45) is 12.5. The third kappa shape index (κ3) is 4.58. The third-order valence-electron chi connectivity index (χ3n) is 4.01. The molecular formula is C18H26N2O2. The van der Waals surface area contributed by atoms with E-state index in [9.17, 15) is 9.90 Å². The lowest BCUT2D eigenvalue weighted by atomic mass is 10.1. The third-order valence-corrected chi connectivity index (χ3v) is 4.01. The quantitative estimate of drug-likeness (QED) is 0.710. The second-order valence-corrected chi connectivity index (χ2v) is 5.90. The van der Waals surface area contributed by atoms with Crippen LogP contribution in [0.15, 0.2) is 29.2 Å². The average Bonchev–Trinajstić information content (AvgIpc) is 2.51. The van der Waals surface area contributed by atoms with Gasteiger partial charge in [-0.05, 0) is 25.0 Å². The summed E-state index contributed by atoms with van der Waals surface area (Å²) in [6, 6.07) is 4.78. The summed E-state index contributed by atoms with van der Waals surface area (Å²) in [5, 5.41) is 9.81. The van der Waals surface area contributed by atoms with Crippen molar-refractivity contribution in [1.29, 1.82) is 0 Å². The molecule has 2 heterocycles.